The molecule has 1 saturated heterocycles. The summed E-state index contributed by atoms with van der Waals surface area (Å²) in [5.74, 6) is 0. The number of alkyl halides is 1. The van der Waals surface area contributed by atoms with Gasteiger partial charge in [0, 0.05) is 17.9 Å². The Balaban J connectivity index is 1.89. The molecule has 2 rings (SSSR count). The molecule has 0 aromatic carbocycles. The maximum atomic E-state index is 9.24. The van der Waals surface area contributed by atoms with Crippen LogP contribution in [0.1, 0.15) is 32.1 Å². The Hall–Kier alpha value is 0.400. The van der Waals surface area contributed by atoms with E-state index in [4.69, 9.17) is 0 Å². The molecule has 0 aromatic heterocycles. The van der Waals surface area contributed by atoms with E-state index in [2.05, 4.69) is 20.8 Å². The van der Waals surface area contributed by atoms with Crippen molar-refractivity contribution in [3.8, 4) is 0 Å². The number of halogens is 1. The van der Waals surface area contributed by atoms with Gasteiger partial charge >= 0.3 is 0 Å². The van der Waals surface area contributed by atoms with E-state index in [-0.39, 0.29) is 0 Å². The van der Waals surface area contributed by atoms with Crippen LogP contribution in [0.25, 0.3) is 0 Å². The molecule has 1 aliphatic heterocycles. The van der Waals surface area contributed by atoms with Gasteiger partial charge in [-0.25, -0.2) is 0 Å². The highest BCUT2D eigenvalue weighted by Gasteiger charge is 2.39. The number of nitrogens with zero attached hydrogens (tertiary/aromatic N) is 1. The summed E-state index contributed by atoms with van der Waals surface area (Å²) in [5.41, 5.74) is 0.539. The maximum Gasteiger partial charge on any atom is 0.0586 e. The second-order valence-corrected chi connectivity index (χ2v) is 5.50. The van der Waals surface area contributed by atoms with Crippen LogP contribution in [-0.4, -0.2) is 41.1 Å². The molecular formula is C11H20BrNO. The van der Waals surface area contributed by atoms with E-state index in [1.807, 2.05) is 0 Å². The van der Waals surface area contributed by atoms with Gasteiger partial charge in [0.2, 0.25) is 0 Å². The lowest BCUT2D eigenvalue weighted by atomic mass is 9.70. The Labute approximate surface area is 94.8 Å². The first-order valence-electron chi connectivity index (χ1n) is 5.70. The second-order valence-electron chi connectivity index (χ2n) is 4.94. The lowest BCUT2D eigenvalue weighted by molar-refractivity contribution is 0.0653. The van der Waals surface area contributed by atoms with Gasteiger partial charge in [-0.05, 0) is 37.6 Å². The molecule has 1 heterocycles. The molecule has 0 aromatic rings. The molecule has 14 heavy (non-hydrogen) atoms. The van der Waals surface area contributed by atoms with E-state index >= 15 is 0 Å². The highest BCUT2D eigenvalue weighted by Crippen LogP contribution is 2.43. The molecule has 2 nitrogen and oxygen atoms in total. The molecule has 3 heteroatoms. The van der Waals surface area contributed by atoms with Gasteiger partial charge in [-0.2, -0.15) is 0 Å². The molecule has 1 aliphatic carbocycles. The van der Waals surface area contributed by atoms with Crippen LogP contribution in [0, 0.1) is 5.41 Å². The normalized spacial score (nSPS) is 31.7. The highest BCUT2D eigenvalue weighted by atomic mass is 79.9. The maximum absolute atomic E-state index is 9.24. The Kier molecular flexibility index (Phi) is 3.50. The Morgan fingerprint density at radius 3 is 2.64 bits per heavy atom. The van der Waals surface area contributed by atoms with Crippen molar-refractivity contribution in [2.45, 2.75) is 38.1 Å². The Bertz CT molecular complexity index is 188. The van der Waals surface area contributed by atoms with Crippen LogP contribution in [0.3, 0.4) is 0 Å². The predicted octanol–water partition coefficient (Wildman–Crippen LogP) is 2.01. The monoisotopic (exact) mass is 261 g/mol. The van der Waals surface area contributed by atoms with E-state index in [1.165, 1.54) is 45.2 Å². The van der Waals surface area contributed by atoms with Crippen molar-refractivity contribution in [2.75, 3.05) is 25.0 Å². The Morgan fingerprint density at radius 1 is 1.36 bits per heavy atom. The third kappa shape index (κ3) is 2.00. The van der Waals surface area contributed by atoms with E-state index in [1.54, 1.807) is 0 Å². The first-order valence-corrected chi connectivity index (χ1v) is 6.83. The first kappa shape index (κ1) is 10.9. The smallest absolute Gasteiger partial charge is 0.0586 e. The fourth-order valence-electron chi connectivity index (χ4n) is 2.75. The lowest BCUT2D eigenvalue weighted by Crippen LogP contribution is -2.46. The minimum Gasteiger partial charge on any atom is -0.395 e. The van der Waals surface area contributed by atoms with Crippen molar-refractivity contribution in [2.24, 2.45) is 5.41 Å². The lowest BCUT2D eigenvalue weighted by Gasteiger charge is -2.44. The van der Waals surface area contributed by atoms with Gasteiger partial charge in [0.05, 0.1) is 6.61 Å². The van der Waals surface area contributed by atoms with Gasteiger partial charge in [-0.15, -0.1) is 0 Å². The average Bonchev–Trinajstić information content (AvgIpc) is 2.58. The highest BCUT2D eigenvalue weighted by molar-refractivity contribution is 9.09. The molecular weight excluding hydrogens is 242 g/mol. The van der Waals surface area contributed by atoms with Crippen molar-refractivity contribution in [1.29, 1.82) is 0 Å². The van der Waals surface area contributed by atoms with Crippen LogP contribution < -0.4 is 0 Å². The summed E-state index contributed by atoms with van der Waals surface area (Å²) in [7, 11) is 0. The standard InChI is InChI=1S/C11H20BrNO/c12-8-11(4-2-5-11)9-13-6-1-3-10(13)7-14/h10,14H,1-9H2. The van der Waals surface area contributed by atoms with Crippen LogP contribution >= 0.6 is 15.9 Å². The summed E-state index contributed by atoms with van der Waals surface area (Å²) in [6.45, 7) is 2.74. The van der Waals surface area contributed by atoms with Crippen LogP contribution in [-0.2, 0) is 0 Å². The van der Waals surface area contributed by atoms with Crippen LogP contribution in [0.2, 0.25) is 0 Å². The van der Waals surface area contributed by atoms with Crippen molar-refractivity contribution in [3.63, 3.8) is 0 Å². The minimum atomic E-state index is 0.346. The third-order valence-corrected chi connectivity index (χ3v) is 5.14. The molecule has 2 aliphatic rings. The van der Waals surface area contributed by atoms with E-state index in [9.17, 15) is 5.11 Å². The largest absolute Gasteiger partial charge is 0.395 e. The number of aliphatic hydroxyl groups excluding tert-OH is 1. The van der Waals surface area contributed by atoms with Gasteiger partial charge in [0.1, 0.15) is 0 Å². The average molecular weight is 262 g/mol. The van der Waals surface area contributed by atoms with E-state index in [0.717, 1.165) is 5.33 Å². The first-order chi connectivity index (χ1) is 6.79. The molecule has 0 radical (unpaired) electrons. The number of aliphatic hydroxyl groups is 1. The molecule has 0 spiro atoms. The van der Waals surface area contributed by atoms with Gasteiger partial charge in [-0.1, -0.05) is 22.4 Å². The topological polar surface area (TPSA) is 23.5 Å². The van der Waals surface area contributed by atoms with Crippen LogP contribution in [0.4, 0.5) is 0 Å². The van der Waals surface area contributed by atoms with Crippen LogP contribution in [0.5, 0.6) is 0 Å². The van der Waals surface area contributed by atoms with Crippen molar-refractivity contribution in [1.82, 2.24) is 4.90 Å². The summed E-state index contributed by atoms with van der Waals surface area (Å²) in [4.78, 5) is 2.50. The van der Waals surface area contributed by atoms with Crippen molar-refractivity contribution < 1.29 is 5.11 Å². The number of hydrogen-bond donors (Lipinski definition) is 1. The van der Waals surface area contributed by atoms with Gasteiger partial charge in [-0.3, -0.25) is 4.90 Å². The molecule has 82 valence electrons. The fourth-order valence-corrected chi connectivity index (χ4v) is 3.49. The van der Waals surface area contributed by atoms with E-state index < -0.39 is 0 Å². The number of rotatable bonds is 4. The van der Waals surface area contributed by atoms with Crippen LogP contribution in [0.15, 0.2) is 0 Å². The molecule has 2 fully saturated rings. The molecule has 0 bridgehead atoms. The summed E-state index contributed by atoms with van der Waals surface area (Å²) < 4.78 is 0. The van der Waals surface area contributed by atoms with Gasteiger partial charge < -0.3 is 5.11 Å². The number of likely N-dealkylation sites (tertiary alicyclic amines) is 1. The zero-order valence-corrected chi connectivity index (χ0v) is 10.3. The van der Waals surface area contributed by atoms with Gasteiger partial charge in [0.15, 0.2) is 0 Å². The predicted molar refractivity (Wildman–Crippen MR) is 61.8 cm³/mol. The summed E-state index contributed by atoms with van der Waals surface area (Å²) in [6.07, 6.45) is 6.58. The quantitative estimate of drug-likeness (QED) is 0.783. The van der Waals surface area contributed by atoms with Crippen molar-refractivity contribution in [3.05, 3.63) is 0 Å². The molecule has 0 amide bonds. The molecule has 1 unspecified atom stereocenters. The zero-order chi connectivity index (χ0) is 10.0. The van der Waals surface area contributed by atoms with Crippen molar-refractivity contribution >= 4 is 15.9 Å². The SMILES string of the molecule is OCC1CCCN1CC1(CBr)CCC1. The third-order valence-electron chi connectivity index (χ3n) is 3.95. The second kappa shape index (κ2) is 4.50. The molecule has 1 atom stereocenters. The molecule has 1 saturated carbocycles. The number of hydrogen-bond acceptors (Lipinski definition) is 2. The minimum absolute atomic E-state index is 0.346. The van der Waals surface area contributed by atoms with Gasteiger partial charge in [0.25, 0.3) is 0 Å². The zero-order valence-electron chi connectivity index (χ0n) is 8.71. The Morgan fingerprint density at radius 2 is 2.14 bits per heavy atom. The summed E-state index contributed by atoms with van der Waals surface area (Å²) >= 11 is 3.64. The molecule has 1 N–H and O–H groups in total. The van der Waals surface area contributed by atoms with E-state index in [0.29, 0.717) is 18.1 Å². The summed E-state index contributed by atoms with van der Waals surface area (Å²) in [6, 6.07) is 0.450. The fraction of sp³-hybridized carbons (Fsp3) is 1.00. The summed E-state index contributed by atoms with van der Waals surface area (Å²) in [5, 5.41) is 10.4.